The van der Waals surface area contributed by atoms with Crippen LogP contribution in [0.2, 0.25) is 0 Å². The third-order valence-electron chi connectivity index (χ3n) is 11.9. The first kappa shape index (κ1) is 27.4. The molecule has 2 nitrogen and oxygen atoms in total. The number of nitrogens with zero attached hydrogens (tertiary/aromatic N) is 1. The van der Waals surface area contributed by atoms with Crippen LogP contribution < -0.4 is 0 Å². The van der Waals surface area contributed by atoms with E-state index in [4.69, 9.17) is 4.42 Å². The average molecular weight is 650 g/mol. The first-order valence-corrected chi connectivity index (χ1v) is 17.9. The SMILES string of the molecule is CC1(C)c2ccccc2-c2c1c1c3ccccc3oc1c1c2c2ccccc2n1-c1ccc(-c2ccc3c4c(cccc24)-c2ccccc2-3)cc1. The van der Waals surface area contributed by atoms with Gasteiger partial charge in [0.25, 0.3) is 0 Å². The van der Waals surface area contributed by atoms with Gasteiger partial charge in [-0.05, 0) is 90.7 Å². The maximum absolute atomic E-state index is 6.95. The highest BCUT2D eigenvalue weighted by Crippen LogP contribution is 2.58. The number of benzene rings is 8. The maximum atomic E-state index is 6.95. The van der Waals surface area contributed by atoms with Crippen LogP contribution >= 0.6 is 0 Å². The van der Waals surface area contributed by atoms with Crippen molar-refractivity contribution in [3.8, 4) is 50.2 Å². The Balaban J connectivity index is 1.15. The van der Waals surface area contributed by atoms with Crippen molar-refractivity contribution in [2.45, 2.75) is 19.3 Å². The topological polar surface area (TPSA) is 18.1 Å². The number of para-hydroxylation sites is 2. The molecule has 2 aliphatic carbocycles. The number of aromatic nitrogens is 1. The van der Waals surface area contributed by atoms with Gasteiger partial charge < -0.3 is 8.98 Å². The van der Waals surface area contributed by atoms with Gasteiger partial charge in [-0.3, -0.25) is 0 Å². The summed E-state index contributed by atoms with van der Waals surface area (Å²) in [6, 6.07) is 55.7. The summed E-state index contributed by atoms with van der Waals surface area (Å²) in [7, 11) is 0. The van der Waals surface area contributed by atoms with Crippen molar-refractivity contribution in [2.24, 2.45) is 0 Å². The molecule has 51 heavy (non-hydrogen) atoms. The molecule has 2 heterocycles. The number of hydrogen-bond acceptors (Lipinski definition) is 1. The zero-order chi connectivity index (χ0) is 33.6. The van der Waals surface area contributed by atoms with Gasteiger partial charge in [0.05, 0.1) is 11.0 Å². The Morgan fingerprint density at radius 2 is 1.10 bits per heavy atom. The van der Waals surface area contributed by atoms with E-state index in [1.54, 1.807) is 0 Å². The molecule has 0 saturated carbocycles. The Kier molecular flexibility index (Phi) is 5.08. The van der Waals surface area contributed by atoms with E-state index in [1.165, 1.54) is 93.5 Å². The molecule has 0 saturated heterocycles. The Morgan fingerprint density at radius 3 is 1.92 bits per heavy atom. The second kappa shape index (κ2) is 9.44. The molecule has 0 spiro atoms. The molecule has 0 bridgehead atoms. The van der Waals surface area contributed by atoms with Crippen molar-refractivity contribution in [2.75, 3.05) is 0 Å². The molecule has 0 unspecified atom stereocenters. The fourth-order valence-electron chi connectivity index (χ4n) is 9.81. The monoisotopic (exact) mass is 649 g/mol. The lowest BCUT2D eigenvalue weighted by Gasteiger charge is -2.22. The second-order valence-electron chi connectivity index (χ2n) is 14.8. The van der Waals surface area contributed by atoms with E-state index in [2.05, 4.69) is 170 Å². The Hall–Kier alpha value is -6.38. The molecule has 8 aromatic carbocycles. The largest absolute Gasteiger partial charge is 0.454 e. The van der Waals surface area contributed by atoms with E-state index < -0.39 is 0 Å². The van der Waals surface area contributed by atoms with Gasteiger partial charge in [-0.2, -0.15) is 0 Å². The molecular weight excluding hydrogens is 619 g/mol. The zero-order valence-electron chi connectivity index (χ0n) is 28.3. The Morgan fingerprint density at radius 1 is 0.471 bits per heavy atom. The van der Waals surface area contributed by atoms with Crippen LogP contribution in [0.5, 0.6) is 0 Å². The summed E-state index contributed by atoms with van der Waals surface area (Å²) < 4.78 is 9.39. The van der Waals surface area contributed by atoms with Crippen molar-refractivity contribution in [3.63, 3.8) is 0 Å². The summed E-state index contributed by atoms with van der Waals surface area (Å²) in [5.41, 5.74) is 18.3. The molecular formula is C49H31NO. The molecule has 0 atom stereocenters. The van der Waals surface area contributed by atoms with Crippen molar-refractivity contribution >= 4 is 54.5 Å². The first-order valence-electron chi connectivity index (χ1n) is 17.9. The van der Waals surface area contributed by atoms with Crippen molar-refractivity contribution < 1.29 is 4.42 Å². The highest BCUT2D eigenvalue weighted by atomic mass is 16.3. The summed E-state index contributed by atoms with van der Waals surface area (Å²) in [6.07, 6.45) is 0. The van der Waals surface area contributed by atoms with Gasteiger partial charge in [0.1, 0.15) is 5.58 Å². The van der Waals surface area contributed by atoms with Crippen LogP contribution in [0.1, 0.15) is 25.0 Å². The molecule has 2 aromatic heterocycles. The van der Waals surface area contributed by atoms with Gasteiger partial charge >= 0.3 is 0 Å². The molecule has 238 valence electrons. The third kappa shape index (κ3) is 3.33. The predicted octanol–water partition coefficient (Wildman–Crippen LogP) is 13.5. The Labute approximate surface area is 294 Å². The van der Waals surface area contributed by atoms with E-state index in [0.29, 0.717) is 0 Å². The van der Waals surface area contributed by atoms with Crippen molar-refractivity contribution in [3.05, 3.63) is 163 Å². The summed E-state index contributed by atoms with van der Waals surface area (Å²) in [5.74, 6) is 0. The molecule has 2 heteroatoms. The summed E-state index contributed by atoms with van der Waals surface area (Å²) in [5, 5.41) is 7.56. The van der Waals surface area contributed by atoms with Crippen molar-refractivity contribution in [1.29, 1.82) is 0 Å². The van der Waals surface area contributed by atoms with E-state index in [1.807, 2.05) is 0 Å². The number of furan rings is 1. The summed E-state index contributed by atoms with van der Waals surface area (Å²) in [4.78, 5) is 0. The van der Waals surface area contributed by atoms with Crippen LogP contribution in [-0.4, -0.2) is 4.57 Å². The minimum Gasteiger partial charge on any atom is -0.454 e. The highest BCUT2D eigenvalue weighted by molar-refractivity contribution is 6.29. The fourth-order valence-corrected chi connectivity index (χ4v) is 9.81. The lowest BCUT2D eigenvalue weighted by molar-refractivity contribution is 0.658. The molecule has 12 rings (SSSR count). The molecule has 0 aliphatic heterocycles. The van der Waals surface area contributed by atoms with Gasteiger partial charge in [0, 0.05) is 32.6 Å². The number of rotatable bonds is 2. The number of hydrogen-bond donors (Lipinski definition) is 0. The van der Waals surface area contributed by atoms with Gasteiger partial charge in [-0.1, -0.05) is 141 Å². The minimum atomic E-state index is -0.184. The maximum Gasteiger partial charge on any atom is 0.160 e. The predicted molar refractivity (Wildman–Crippen MR) is 213 cm³/mol. The second-order valence-corrected chi connectivity index (χ2v) is 14.8. The smallest absolute Gasteiger partial charge is 0.160 e. The van der Waals surface area contributed by atoms with Gasteiger partial charge in [0.2, 0.25) is 0 Å². The average Bonchev–Trinajstić information content (AvgIpc) is 3.89. The molecule has 0 N–H and O–H groups in total. The van der Waals surface area contributed by atoms with Gasteiger partial charge in [0.15, 0.2) is 5.58 Å². The standard InChI is InChI=1S/C49H31NO/c1-49(2)39-19-8-5-14-36(39)43-44-37-15-6-9-20-40(37)50(47(44)48-45(46(43)49)38-16-7-10-21-41(38)51-48)29-24-22-28(23-25-29)30-26-27-35-32-13-4-3-12-31(32)34-18-11-17-33(30)42(34)35/h3-27H,1-2H3. The molecule has 10 aromatic rings. The summed E-state index contributed by atoms with van der Waals surface area (Å²) in [6.45, 7) is 4.75. The third-order valence-corrected chi connectivity index (χ3v) is 11.9. The van der Waals surface area contributed by atoms with Crippen molar-refractivity contribution in [1.82, 2.24) is 4.57 Å². The van der Waals surface area contributed by atoms with Crippen LogP contribution in [0, 0.1) is 0 Å². The van der Waals surface area contributed by atoms with E-state index in [-0.39, 0.29) is 5.41 Å². The molecule has 2 aliphatic rings. The van der Waals surface area contributed by atoms with Gasteiger partial charge in [-0.15, -0.1) is 0 Å². The van der Waals surface area contributed by atoms with Crippen LogP contribution in [0.3, 0.4) is 0 Å². The zero-order valence-corrected chi connectivity index (χ0v) is 28.3. The molecule has 0 radical (unpaired) electrons. The molecule has 0 fully saturated rings. The van der Waals surface area contributed by atoms with E-state index in [0.717, 1.165) is 22.4 Å². The van der Waals surface area contributed by atoms with Crippen LogP contribution in [0.25, 0.3) is 105 Å². The first-order chi connectivity index (χ1) is 25.1. The molecule has 0 amide bonds. The minimum absolute atomic E-state index is 0.184. The van der Waals surface area contributed by atoms with E-state index in [9.17, 15) is 0 Å². The quantitative estimate of drug-likeness (QED) is 0.182. The van der Waals surface area contributed by atoms with Crippen LogP contribution in [0.4, 0.5) is 0 Å². The fraction of sp³-hybridized carbons (Fsp3) is 0.0612. The lowest BCUT2D eigenvalue weighted by Crippen LogP contribution is -2.15. The highest BCUT2D eigenvalue weighted by Gasteiger charge is 2.41. The lowest BCUT2D eigenvalue weighted by atomic mass is 9.80. The van der Waals surface area contributed by atoms with Gasteiger partial charge in [-0.25, -0.2) is 0 Å². The summed E-state index contributed by atoms with van der Waals surface area (Å²) >= 11 is 0. The van der Waals surface area contributed by atoms with E-state index >= 15 is 0 Å². The Bertz CT molecular complexity index is 3120. The van der Waals surface area contributed by atoms with Crippen LogP contribution in [0.15, 0.2) is 156 Å². The van der Waals surface area contributed by atoms with Crippen LogP contribution in [-0.2, 0) is 5.41 Å². The normalized spacial score (nSPS) is 13.8. The number of fused-ring (bicyclic) bond motifs is 15.